The van der Waals surface area contributed by atoms with Crippen LogP contribution in [0.4, 0.5) is 0 Å². The smallest absolute Gasteiger partial charge is 0.310 e. The second-order valence-electron chi connectivity index (χ2n) is 6.87. The molecule has 2 rings (SSSR count). The topological polar surface area (TPSA) is 43.8 Å². The van der Waals surface area contributed by atoms with E-state index in [1.807, 2.05) is 6.92 Å². The molecule has 0 spiro atoms. The first-order valence-electron chi connectivity index (χ1n) is 8.25. The predicted molar refractivity (Wildman–Crippen MR) is 80.9 cm³/mol. The van der Waals surface area contributed by atoms with E-state index >= 15 is 0 Å². The SMILES string of the molecule is CCCN1CCCC(N2CCCC(C)(C(=O)O)C2)CC1. The Labute approximate surface area is 123 Å². The van der Waals surface area contributed by atoms with E-state index in [2.05, 4.69) is 16.7 Å². The summed E-state index contributed by atoms with van der Waals surface area (Å²) in [5.74, 6) is -0.622. The summed E-state index contributed by atoms with van der Waals surface area (Å²) < 4.78 is 0. The minimum absolute atomic E-state index is 0.534. The summed E-state index contributed by atoms with van der Waals surface area (Å²) >= 11 is 0. The summed E-state index contributed by atoms with van der Waals surface area (Å²) in [5.41, 5.74) is -0.534. The number of carbonyl (C=O) groups is 1. The van der Waals surface area contributed by atoms with Gasteiger partial charge in [0.05, 0.1) is 5.41 Å². The number of carboxylic acid groups (broad SMARTS) is 1. The van der Waals surface area contributed by atoms with Crippen LogP contribution in [-0.4, -0.2) is 59.6 Å². The summed E-state index contributed by atoms with van der Waals surface area (Å²) in [7, 11) is 0. The molecule has 2 saturated heterocycles. The number of carboxylic acids is 1. The standard InChI is InChI=1S/C16H30N2O2/c1-3-9-17-10-4-6-14(7-12-17)18-11-5-8-16(2,13-18)15(19)20/h14H,3-13H2,1-2H3,(H,19,20). The van der Waals surface area contributed by atoms with E-state index in [1.54, 1.807) is 0 Å². The van der Waals surface area contributed by atoms with Crippen molar-refractivity contribution < 1.29 is 9.90 Å². The minimum Gasteiger partial charge on any atom is -0.481 e. The highest BCUT2D eigenvalue weighted by Crippen LogP contribution is 2.32. The number of likely N-dealkylation sites (tertiary alicyclic amines) is 2. The average Bonchev–Trinajstić information content (AvgIpc) is 2.65. The number of hydrogen-bond donors (Lipinski definition) is 1. The van der Waals surface area contributed by atoms with Crippen LogP contribution in [0.15, 0.2) is 0 Å². The molecule has 0 aliphatic carbocycles. The summed E-state index contributed by atoms with van der Waals surface area (Å²) in [5, 5.41) is 9.45. The van der Waals surface area contributed by atoms with Gasteiger partial charge in [0.1, 0.15) is 0 Å². The van der Waals surface area contributed by atoms with Crippen molar-refractivity contribution >= 4 is 5.97 Å². The lowest BCUT2D eigenvalue weighted by atomic mass is 9.81. The third-order valence-corrected chi connectivity index (χ3v) is 5.09. The van der Waals surface area contributed by atoms with E-state index in [0.717, 1.165) is 25.9 Å². The van der Waals surface area contributed by atoms with E-state index in [1.165, 1.54) is 45.3 Å². The van der Waals surface area contributed by atoms with Gasteiger partial charge < -0.3 is 10.0 Å². The molecule has 0 amide bonds. The van der Waals surface area contributed by atoms with E-state index < -0.39 is 11.4 Å². The summed E-state index contributed by atoms with van der Waals surface area (Å²) in [6.45, 7) is 9.59. The molecule has 20 heavy (non-hydrogen) atoms. The Morgan fingerprint density at radius 2 is 2.05 bits per heavy atom. The lowest BCUT2D eigenvalue weighted by Crippen LogP contribution is -2.50. The van der Waals surface area contributed by atoms with Gasteiger partial charge in [-0.2, -0.15) is 0 Å². The monoisotopic (exact) mass is 282 g/mol. The first kappa shape index (κ1) is 15.8. The molecule has 2 aliphatic heterocycles. The van der Waals surface area contributed by atoms with Crippen molar-refractivity contribution in [1.29, 1.82) is 0 Å². The van der Waals surface area contributed by atoms with Crippen molar-refractivity contribution in [2.24, 2.45) is 5.41 Å². The molecule has 4 heteroatoms. The van der Waals surface area contributed by atoms with Gasteiger partial charge in [-0.3, -0.25) is 9.69 Å². The lowest BCUT2D eigenvalue weighted by Gasteiger charge is -2.41. The number of piperidine rings is 1. The molecular weight excluding hydrogens is 252 g/mol. The molecule has 0 radical (unpaired) electrons. The summed E-state index contributed by atoms with van der Waals surface area (Å²) in [4.78, 5) is 16.5. The molecule has 2 atom stereocenters. The van der Waals surface area contributed by atoms with Gasteiger partial charge in [-0.25, -0.2) is 0 Å². The third kappa shape index (κ3) is 3.73. The molecule has 1 N–H and O–H groups in total. The number of hydrogen-bond acceptors (Lipinski definition) is 3. The molecule has 2 heterocycles. The summed E-state index contributed by atoms with van der Waals surface area (Å²) in [6, 6.07) is 0.593. The van der Waals surface area contributed by atoms with Gasteiger partial charge in [0.2, 0.25) is 0 Å². The van der Waals surface area contributed by atoms with Crippen LogP contribution >= 0.6 is 0 Å². The molecule has 2 fully saturated rings. The van der Waals surface area contributed by atoms with Gasteiger partial charge in [0.15, 0.2) is 0 Å². The molecule has 4 nitrogen and oxygen atoms in total. The lowest BCUT2D eigenvalue weighted by molar-refractivity contribution is -0.151. The highest BCUT2D eigenvalue weighted by Gasteiger charge is 2.39. The molecule has 2 unspecified atom stereocenters. The minimum atomic E-state index is -0.622. The largest absolute Gasteiger partial charge is 0.481 e. The van der Waals surface area contributed by atoms with Crippen molar-refractivity contribution in [3.63, 3.8) is 0 Å². The van der Waals surface area contributed by atoms with Crippen LogP contribution < -0.4 is 0 Å². The average molecular weight is 282 g/mol. The van der Waals surface area contributed by atoms with Crippen LogP contribution in [0.2, 0.25) is 0 Å². The molecule has 0 aromatic carbocycles. The Balaban J connectivity index is 1.92. The van der Waals surface area contributed by atoms with E-state index in [9.17, 15) is 9.90 Å². The Hall–Kier alpha value is -0.610. The van der Waals surface area contributed by atoms with Crippen LogP contribution in [0.25, 0.3) is 0 Å². The predicted octanol–water partition coefficient (Wildman–Crippen LogP) is 2.44. The first-order chi connectivity index (χ1) is 9.55. The number of aliphatic carboxylic acids is 1. The van der Waals surface area contributed by atoms with Gasteiger partial charge in [-0.15, -0.1) is 0 Å². The number of rotatable bonds is 4. The fourth-order valence-corrected chi connectivity index (χ4v) is 3.81. The highest BCUT2D eigenvalue weighted by molar-refractivity contribution is 5.74. The van der Waals surface area contributed by atoms with E-state index in [-0.39, 0.29) is 0 Å². The highest BCUT2D eigenvalue weighted by atomic mass is 16.4. The van der Waals surface area contributed by atoms with Gasteiger partial charge in [0, 0.05) is 12.6 Å². The Bertz CT molecular complexity index is 334. The Kier molecular flexibility index (Phi) is 5.44. The first-order valence-corrected chi connectivity index (χ1v) is 8.25. The van der Waals surface area contributed by atoms with E-state index in [0.29, 0.717) is 6.04 Å². The Morgan fingerprint density at radius 1 is 1.25 bits per heavy atom. The molecule has 0 bridgehead atoms. The number of nitrogens with zero attached hydrogens (tertiary/aromatic N) is 2. The van der Waals surface area contributed by atoms with Gasteiger partial charge in [-0.05, 0) is 71.6 Å². The molecule has 0 aromatic rings. The van der Waals surface area contributed by atoms with Gasteiger partial charge in [-0.1, -0.05) is 6.92 Å². The van der Waals surface area contributed by atoms with E-state index in [4.69, 9.17) is 0 Å². The van der Waals surface area contributed by atoms with Crippen LogP contribution in [0, 0.1) is 5.41 Å². The molecular formula is C16H30N2O2. The van der Waals surface area contributed by atoms with Crippen molar-refractivity contribution in [3.8, 4) is 0 Å². The maximum absolute atomic E-state index is 11.5. The maximum Gasteiger partial charge on any atom is 0.310 e. The fraction of sp³-hybridized carbons (Fsp3) is 0.938. The second kappa shape index (κ2) is 6.90. The van der Waals surface area contributed by atoms with Gasteiger partial charge in [0.25, 0.3) is 0 Å². The normalized spacial score (nSPS) is 33.8. The fourth-order valence-electron chi connectivity index (χ4n) is 3.81. The second-order valence-corrected chi connectivity index (χ2v) is 6.87. The van der Waals surface area contributed by atoms with Crippen LogP contribution in [0.5, 0.6) is 0 Å². The van der Waals surface area contributed by atoms with Crippen molar-refractivity contribution in [2.45, 2.75) is 58.4 Å². The molecule has 0 saturated carbocycles. The van der Waals surface area contributed by atoms with Crippen LogP contribution in [0.1, 0.15) is 52.4 Å². The zero-order valence-electron chi connectivity index (χ0n) is 13.1. The zero-order valence-corrected chi connectivity index (χ0v) is 13.1. The third-order valence-electron chi connectivity index (χ3n) is 5.09. The van der Waals surface area contributed by atoms with Crippen LogP contribution in [0.3, 0.4) is 0 Å². The van der Waals surface area contributed by atoms with Crippen LogP contribution in [-0.2, 0) is 4.79 Å². The molecule has 116 valence electrons. The Morgan fingerprint density at radius 3 is 2.75 bits per heavy atom. The van der Waals surface area contributed by atoms with Crippen molar-refractivity contribution in [1.82, 2.24) is 9.80 Å². The molecule has 0 aromatic heterocycles. The zero-order chi connectivity index (χ0) is 14.6. The quantitative estimate of drug-likeness (QED) is 0.860. The van der Waals surface area contributed by atoms with Gasteiger partial charge >= 0.3 is 5.97 Å². The van der Waals surface area contributed by atoms with Crippen molar-refractivity contribution in [2.75, 3.05) is 32.7 Å². The summed E-state index contributed by atoms with van der Waals surface area (Å²) in [6.07, 6.45) is 6.77. The molecule has 2 aliphatic rings. The van der Waals surface area contributed by atoms with Crippen molar-refractivity contribution in [3.05, 3.63) is 0 Å². The maximum atomic E-state index is 11.5.